The zero-order valence-electron chi connectivity index (χ0n) is 14.3. The fraction of sp³-hybridized carbons (Fsp3) is 0.579. The van der Waals surface area contributed by atoms with Crippen molar-refractivity contribution < 1.29 is 19.1 Å². The standard InChI is InChI=1S/C19H27NO4/c1-2-24-19(22)16(10-6-9-15-7-4-3-5-8-15)13-18(21)17-11-12-23-14-20-17/h3-5,7-8,16-17,20H,2,6,9-14H2,1H3. The molecule has 0 spiro atoms. The number of benzene rings is 1. The SMILES string of the molecule is CCOC(=O)C(CCCc1ccccc1)CC(=O)C1CCOCN1. The first-order chi connectivity index (χ1) is 11.7. The molecule has 24 heavy (non-hydrogen) atoms. The number of aryl methyl sites for hydroxylation is 1. The van der Waals surface area contributed by atoms with Crippen LogP contribution in [0.25, 0.3) is 0 Å². The highest BCUT2D eigenvalue weighted by Crippen LogP contribution is 2.18. The number of carbonyl (C=O) groups excluding carboxylic acids is 2. The molecule has 0 saturated carbocycles. The van der Waals surface area contributed by atoms with Crippen molar-refractivity contribution in [1.82, 2.24) is 5.32 Å². The van der Waals surface area contributed by atoms with E-state index < -0.39 is 0 Å². The average Bonchev–Trinajstić information content (AvgIpc) is 2.62. The summed E-state index contributed by atoms with van der Waals surface area (Å²) in [5.41, 5.74) is 1.25. The van der Waals surface area contributed by atoms with Crippen LogP contribution in [0.4, 0.5) is 0 Å². The van der Waals surface area contributed by atoms with Crippen LogP contribution in [0.2, 0.25) is 0 Å². The molecule has 1 saturated heterocycles. The van der Waals surface area contributed by atoms with Crippen LogP contribution in [0.1, 0.15) is 38.2 Å². The van der Waals surface area contributed by atoms with E-state index in [0.717, 1.165) is 12.8 Å². The quantitative estimate of drug-likeness (QED) is 0.703. The van der Waals surface area contributed by atoms with Crippen LogP contribution in [-0.2, 0) is 25.5 Å². The van der Waals surface area contributed by atoms with Crippen molar-refractivity contribution in [2.45, 2.75) is 45.1 Å². The van der Waals surface area contributed by atoms with Crippen LogP contribution in [0.5, 0.6) is 0 Å². The molecule has 0 amide bonds. The summed E-state index contributed by atoms with van der Waals surface area (Å²) in [6.07, 6.45) is 3.34. The third-order valence-corrected chi connectivity index (χ3v) is 4.30. The van der Waals surface area contributed by atoms with Crippen molar-refractivity contribution in [1.29, 1.82) is 0 Å². The molecular formula is C19H27NO4. The molecule has 2 atom stereocenters. The minimum Gasteiger partial charge on any atom is -0.466 e. The largest absolute Gasteiger partial charge is 0.466 e. The van der Waals surface area contributed by atoms with E-state index in [0.29, 0.717) is 32.8 Å². The van der Waals surface area contributed by atoms with Gasteiger partial charge in [-0.15, -0.1) is 0 Å². The van der Waals surface area contributed by atoms with E-state index in [4.69, 9.17) is 9.47 Å². The maximum absolute atomic E-state index is 12.4. The Bertz CT molecular complexity index is 511. The summed E-state index contributed by atoms with van der Waals surface area (Å²) in [4.78, 5) is 24.6. The summed E-state index contributed by atoms with van der Waals surface area (Å²) in [5.74, 6) is -0.534. The molecule has 1 N–H and O–H groups in total. The molecule has 1 aromatic carbocycles. The molecule has 2 unspecified atom stereocenters. The second kappa shape index (κ2) is 10.2. The van der Waals surface area contributed by atoms with Crippen molar-refractivity contribution in [3.8, 4) is 0 Å². The molecule has 5 nitrogen and oxygen atoms in total. The number of nitrogens with one attached hydrogen (secondary N) is 1. The van der Waals surface area contributed by atoms with Gasteiger partial charge in [0.2, 0.25) is 0 Å². The van der Waals surface area contributed by atoms with Crippen molar-refractivity contribution >= 4 is 11.8 Å². The van der Waals surface area contributed by atoms with Crippen LogP contribution >= 0.6 is 0 Å². The van der Waals surface area contributed by atoms with E-state index in [1.165, 1.54) is 5.56 Å². The molecular weight excluding hydrogens is 306 g/mol. The molecule has 1 aromatic rings. The predicted octanol–water partition coefficient (Wildman–Crippen LogP) is 2.48. The number of rotatable bonds is 9. The van der Waals surface area contributed by atoms with Gasteiger partial charge in [-0.05, 0) is 38.2 Å². The number of hydrogen-bond donors (Lipinski definition) is 1. The summed E-state index contributed by atoms with van der Waals surface area (Å²) < 4.78 is 10.4. The molecule has 0 aromatic heterocycles. The Morgan fingerprint density at radius 3 is 2.79 bits per heavy atom. The van der Waals surface area contributed by atoms with Gasteiger partial charge < -0.3 is 9.47 Å². The highest BCUT2D eigenvalue weighted by atomic mass is 16.5. The molecule has 2 rings (SSSR count). The van der Waals surface area contributed by atoms with Gasteiger partial charge >= 0.3 is 5.97 Å². The Balaban J connectivity index is 1.86. The van der Waals surface area contributed by atoms with Crippen LogP contribution in [0.3, 0.4) is 0 Å². The second-order valence-corrected chi connectivity index (χ2v) is 6.10. The number of ether oxygens (including phenoxy) is 2. The highest BCUT2D eigenvalue weighted by Gasteiger charge is 2.28. The van der Waals surface area contributed by atoms with Gasteiger partial charge in [-0.2, -0.15) is 0 Å². The van der Waals surface area contributed by atoms with E-state index in [9.17, 15) is 9.59 Å². The molecule has 5 heteroatoms. The first-order valence-electron chi connectivity index (χ1n) is 8.75. The monoisotopic (exact) mass is 333 g/mol. The number of hydrogen-bond acceptors (Lipinski definition) is 5. The molecule has 1 aliphatic rings. The molecule has 132 valence electrons. The van der Waals surface area contributed by atoms with Crippen molar-refractivity contribution in [3.63, 3.8) is 0 Å². The normalized spacial score (nSPS) is 18.8. The lowest BCUT2D eigenvalue weighted by atomic mass is 9.92. The third kappa shape index (κ3) is 6.06. The average molecular weight is 333 g/mol. The second-order valence-electron chi connectivity index (χ2n) is 6.10. The zero-order chi connectivity index (χ0) is 17.2. The lowest BCUT2D eigenvalue weighted by Crippen LogP contribution is -2.44. The number of esters is 1. The summed E-state index contributed by atoms with van der Waals surface area (Å²) in [5, 5.41) is 3.05. The van der Waals surface area contributed by atoms with Crippen LogP contribution in [0.15, 0.2) is 30.3 Å². The fourth-order valence-electron chi connectivity index (χ4n) is 2.96. The first kappa shape index (κ1) is 18.6. The van der Waals surface area contributed by atoms with Gasteiger partial charge in [-0.25, -0.2) is 0 Å². The molecule has 0 bridgehead atoms. The van der Waals surface area contributed by atoms with Gasteiger partial charge in [0.05, 0.1) is 31.9 Å². The van der Waals surface area contributed by atoms with Gasteiger partial charge in [0, 0.05) is 6.42 Å². The molecule has 0 radical (unpaired) electrons. The van der Waals surface area contributed by atoms with Crippen molar-refractivity contribution in [2.75, 3.05) is 19.9 Å². The molecule has 1 aliphatic heterocycles. The van der Waals surface area contributed by atoms with Crippen LogP contribution in [0, 0.1) is 5.92 Å². The van der Waals surface area contributed by atoms with Crippen molar-refractivity contribution in [3.05, 3.63) is 35.9 Å². The van der Waals surface area contributed by atoms with E-state index in [1.54, 1.807) is 6.92 Å². The Labute approximate surface area is 143 Å². The van der Waals surface area contributed by atoms with Gasteiger partial charge in [0.25, 0.3) is 0 Å². The molecule has 0 aliphatic carbocycles. The molecule has 1 fully saturated rings. The zero-order valence-corrected chi connectivity index (χ0v) is 14.3. The Kier molecular flexibility index (Phi) is 7.92. The van der Waals surface area contributed by atoms with Gasteiger partial charge in [0.1, 0.15) is 0 Å². The van der Waals surface area contributed by atoms with E-state index in [1.807, 2.05) is 18.2 Å². The predicted molar refractivity (Wildman–Crippen MR) is 91.5 cm³/mol. The summed E-state index contributed by atoms with van der Waals surface area (Å²) in [6, 6.07) is 9.97. The van der Waals surface area contributed by atoms with E-state index in [-0.39, 0.29) is 30.1 Å². The lowest BCUT2D eigenvalue weighted by Gasteiger charge is -2.24. The van der Waals surface area contributed by atoms with Gasteiger partial charge in [-0.1, -0.05) is 30.3 Å². The number of ketones is 1. The fourth-order valence-corrected chi connectivity index (χ4v) is 2.96. The minimum absolute atomic E-state index is 0.0797. The van der Waals surface area contributed by atoms with E-state index in [2.05, 4.69) is 17.4 Å². The Morgan fingerprint density at radius 2 is 2.12 bits per heavy atom. The molecule has 1 heterocycles. The van der Waals surface area contributed by atoms with Crippen LogP contribution in [-0.4, -0.2) is 37.7 Å². The van der Waals surface area contributed by atoms with E-state index >= 15 is 0 Å². The highest BCUT2D eigenvalue weighted by molar-refractivity contribution is 5.88. The summed E-state index contributed by atoms with van der Waals surface area (Å²) in [6.45, 7) is 3.12. The Hall–Kier alpha value is -1.72. The smallest absolute Gasteiger partial charge is 0.309 e. The Morgan fingerprint density at radius 1 is 1.33 bits per heavy atom. The number of Topliss-reactive ketones (excluding diaryl/α,β-unsaturated/α-hetero) is 1. The number of carbonyl (C=O) groups is 2. The first-order valence-corrected chi connectivity index (χ1v) is 8.75. The summed E-state index contributed by atoms with van der Waals surface area (Å²) >= 11 is 0. The van der Waals surface area contributed by atoms with Gasteiger partial charge in [0.15, 0.2) is 5.78 Å². The summed E-state index contributed by atoms with van der Waals surface area (Å²) in [7, 11) is 0. The lowest BCUT2D eigenvalue weighted by molar-refractivity contribution is -0.150. The van der Waals surface area contributed by atoms with Crippen LogP contribution < -0.4 is 5.32 Å². The maximum atomic E-state index is 12.4. The van der Waals surface area contributed by atoms with Crippen molar-refractivity contribution in [2.24, 2.45) is 5.92 Å². The third-order valence-electron chi connectivity index (χ3n) is 4.30. The maximum Gasteiger partial charge on any atom is 0.309 e. The van der Waals surface area contributed by atoms with Gasteiger partial charge in [-0.3, -0.25) is 14.9 Å². The minimum atomic E-state index is -0.356. The topological polar surface area (TPSA) is 64.6 Å².